The fourth-order valence-corrected chi connectivity index (χ4v) is 4.08. The van der Waals surface area contributed by atoms with Gasteiger partial charge >= 0.3 is 11.8 Å². The maximum atomic E-state index is 12.1. The van der Waals surface area contributed by atoms with E-state index < -0.39 is 11.8 Å². The lowest BCUT2D eigenvalue weighted by Crippen LogP contribution is -2.43. The molecule has 0 saturated carbocycles. The Morgan fingerprint density at radius 2 is 1.79 bits per heavy atom. The highest BCUT2D eigenvalue weighted by Crippen LogP contribution is 2.30. The number of carbonyl (C=O) groups excluding carboxylic acids is 2. The monoisotopic (exact) mass is 410 g/mol. The number of aromatic nitrogens is 1. The standard InChI is InChI=1S/C21H22N4O3S/c26-19(22-9-10-25-11-13-28-14-12-25)20(27)23-16-7-5-15(6-8-16)21-24-17-3-1-2-4-18(17)29-21/h1-8H,9-14H2,(H,22,26)(H,23,27). The number of rotatable bonds is 5. The molecule has 1 aliphatic rings. The molecule has 0 bridgehead atoms. The van der Waals surface area contributed by atoms with Gasteiger partial charge in [-0.15, -0.1) is 11.3 Å². The van der Waals surface area contributed by atoms with Gasteiger partial charge in [0, 0.05) is 37.4 Å². The van der Waals surface area contributed by atoms with Crippen LogP contribution in [0.3, 0.4) is 0 Å². The van der Waals surface area contributed by atoms with E-state index in [1.807, 2.05) is 36.4 Å². The average Bonchev–Trinajstić information content (AvgIpc) is 3.19. The number of fused-ring (bicyclic) bond motifs is 1. The summed E-state index contributed by atoms with van der Waals surface area (Å²) in [5.41, 5.74) is 2.51. The van der Waals surface area contributed by atoms with E-state index in [0.29, 0.717) is 32.0 Å². The van der Waals surface area contributed by atoms with Crippen molar-refractivity contribution in [3.8, 4) is 10.6 Å². The number of thiazole rings is 1. The highest BCUT2D eigenvalue weighted by atomic mass is 32.1. The summed E-state index contributed by atoms with van der Waals surface area (Å²) in [5.74, 6) is -1.30. The molecule has 2 aromatic carbocycles. The van der Waals surface area contributed by atoms with Crippen molar-refractivity contribution in [3.63, 3.8) is 0 Å². The van der Waals surface area contributed by atoms with Crippen LogP contribution >= 0.6 is 11.3 Å². The van der Waals surface area contributed by atoms with Crippen molar-refractivity contribution in [2.75, 3.05) is 44.7 Å². The van der Waals surface area contributed by atoms with Gasteiger partial charge in [-0.25, -0.2) is 4.98 Å². The number of ether oxygens (including phenoxy) is 1. The molecule has 0 unspecified atom stereocenters. The number of benzene rings is 2. The van der Waals surface area contributed by atoms with E-state index in [1.54, 1.807) is 23.5 Å². The van der Waals surface area contributed by atoms with E-state index in [2.05, 4.69) is 20.5 Å². The third-order valence-corrected chi connectivity index (χ3v) is 5.79. The molecule has 7 nitrogen and oxygen atoms in total. The van der Waals surface area contributed by atoms with Gasteiger partial charge in [-0.2, -0.15) is 0 Å². The van der Waals surface area contributed by atoms with Crippen LogP contribution in [0, 0.1) is 0 Å². The maximum absolute atomic E-state index is 12.1. The number of hydrogen-bond acceptors (Lipinski definition) is 6. The van der Waals surface area contributed by atoms with Crippen molar-refractivity contribution in [2.24, 2.45) is 0 Å². The first kappa shape index (κ1) is 19.5. The van der Waals surface area contributed by atoms with Crippen molar-refractivity contribution in [2.45, 2.75) is 0 Å². The second-order valence-corrected chi connectivity index (χ2v) is 7.76. The van der Waals surface area contributed by atoms with Crippen molar-refractivity contribution in [1.29, 1.82) is 0 Å². The molecule has 29 heavy (non-hydrogen) atoms. The first-order valence-corrected chi connectivity index (χ1v) is 10.4. The molecular weight excluding hydrogens is 388 g/mol. The number of amides is 2. The highest BCUT2D eigenvalue weighted by molar-refractivity contribution is 7.21. The van der Waals surface area contributed by atoms with Crippen molar-refractivity contribution < 1.29 is 14.3 Å². The van der Waals surface area contributed by atoms with Gasteiger partial charge in [-0.05, 0) is 36.4 Å². The van der Waals surface area contributed by atoms with Gasteiger partial charge in [-0.3, -0.25) is 14.5 Å². The van der Waals surface area contributed by atoms with Crippen LogP contribution in [-0.4, -0.2) is 61.1 Å². The maximum Gasteiger partial charge on any atom is 0.313 e. The Bertz CT molecular complexity index is 964. The lowest BCUT2D eigenvalue weighted by Gasteiger charge is -2.26. The average molecular weight is 410 g/mol. The predicted octanol–water partition coefficient (Wildman–Crippen LogP) is 2.35. The number of anilines is 1. The Kier molecular flexibility index (Phi) is 6.14. The summed E-state index contributed by atoms with van der Waals surface area (Å²) in [6.45, 7) is 4.26. The van der Waals surface area contributed by atoms with E-state index in [1.165, 1.54) is 0 Å². The van der Waals surface area contributed by atoms with E-state index in [-0.39, 0.29) is 0 Å². The summed E-state index contributed by atoms with van der Waals surface area (Å²) in [6.07, 6.45) is 0. The fraction of sp³-hybridized carbons (Fsp3) is 0.286. The molecule has 0 spiro atoms. The summed E-state index contributed by atoms with van der Waals surface area (Å²) in [4.78, 5) is 30.9. The van der Waals surface area contributed by atoms with Crippen LogP contribution in [-0.2, 0) is 14.3 Å². The summed E-state index contributed by atoms with van der Waals surface area (Å²) in [7, 11) is 0. The topological polar surface area (TPSA) is 83.6 Å². The number of nitrogens with zero attached hydrogens (tertiary/aromatic N) is 2. The Morgan fingerprint density at radius 1 is 1.03 bits per heavy atom. The van der Waals surface area contributed by atoms with Gasteiger partial charge in [0.05, 0.1) is 23.4 Å². The highest BCUT2D eigenvalue weighted by Gasteiger charge is 2.15. The molecule has 1 fully saturated rings. The van der Waals surface area contributed by atoms with E-state index in [0.717, 1.165) is 33.9 Å². The molecule has 150 valence electrons. The Labute approximate surface area is 172 Å². The van der Waals surface area contributed by atoms with Crippen LogP contribution < -0.4 is 10.6 Å². The van der Waals surface area contributed by atoms with Gasteiger partial charge in [-0.1, -0.05) is 12.1 Å². The summed E-state index contributed by atoms with van der Waals surface area (Å²) >= 11 is 1.62. The molecule has 0 aliphatic carbocycles. The summed E-state index contributed by atoms with van der Waals surface area (Å²) in [6, 6.07) is 15.3. The summed E-state index contributed by atoms with van der Waals surface area (Å²) in [5, 5.41) is 6.22. The number of carbonyl (C=O) groups is 2. The van der Waals surface area contributed by atoms with Crippen LogP contribution in [0.5, 0.6) is 0 Å². The predicted molar refractivity (Wildman–Crippen MR) is 114 cm³/mol. The van der Waals surface area contributed by atoms with E-state index in [4.69, 9.17) is 4.74 Å². The zero-order valence-electron chi connectivity index (χ0n) is 15.9. The molecule has 1 aliphatic heterocycles. The SMILES string of the molecule is O=C(NCCN1CCOCC1)C(=O)Nc1ccc(-c2nc3ccccc3s2)cc1. The molecule has 2 N–H and O–H groups in total. The minimum absolute atomic E-state index is 0.433. The van der Waals surface area contributed by atoms with Gasteiger partial charge in [0.1, 0.15) is 5.01 Å². The first-order chi connectivity index (χ1) is 14.2. The Hall–Kier alpha value is -2.81. The third kappa shape index (κ3) is 4.97. The zero-order valence-corrected chi connectivity index (χ0v) is 16.7. The van der Waals surface area contributed by atoms with Crippen molar-refractivity contribution in [3.05, 3.63) is 48.5 Å². The van der Waals surface area contributed by atoms with Gasteiger partial charge in [0.25, 0.3) is 0 Å². The molecule has 4 rings (SSSR count). The summed E-state index contributed by atoms with van der Waals surface area (Å²) < 4.78 is 6.42. The second kappa shape index (κ2) is 9.13. The largest absolute Gasteiger partial charge is 0.379 e. The molecule has 3 aromatic rings. The van der Waals surface area contributed by atoms with Crippen LogP contribution in [0.25, 0.3) is 20.8 Å². The lowest BCUT2D eigenvalue weighted by molar-refractivity contribution is -0.136. The molecule has 0 radical (unpaired) electrons. The molecule has 1 saturated heterocycles. The number of nitrogens with one attached hydrogen (secondary N) is 2. The quantitative estimate of drug-likeness (QED) is 0.631. The molecule has 2 amide bonds. The lowest BCUT2D eigenvalue weighted by atomic mass is 10.2. The van der Waals surface area contributed by atoms with Crippen LogP contribution in [0.4, 0.5) is 5.69 Å². The zero-order chi connectivity index (χ0) is 20.1. The second-order valence-electron chi connectivity index (χ2n) is 6.73. The third-order valence-electron chi connectivity index (χ3n) is 4.71. The normalized spacial score (nSPS) is 14.6. The van der Waals surface area contributed by atoms with Crippen LogP contribution in [0.15, 0.2) is 48.5 Å². The Morgan fingerprint density at radius 3 is 2.55 bits per heavy atom. The van der Waals surface area contributed by atoms with Gasteiger partial charge in [0.15, 0.2) is 0 Å². The van der Waals surface area contributed by atoms with Crippen molar-refractivity contribution in [1.82, 2.24) is 15.2 Å². The number of hydrogen-bond donors (Lipinski definition) is 2. The van der Waals surface area contributed by atoms with Crippen LogP contribution in [0.1, 0.15) is 0 Å². The smallest absolute Gasteiger partial charge is 0.313 e. The molecule has 1 aromatic heterocycles. The number of morpholine rings is 1. The molecule has 0 atom stereocenters. The Balaban J connectivity index is 1.29. The minimum atomic E-state index is -0.667. The minimum Gasteiger partial charge on any atom is -0.379 e. The number of para-hydroxylation sites is 1. The van der Waals surface area contributed by atoms with Gasteiger partial charge in [0.2, 0.25) is 0 Å². The molecule has 8 heteroatoms. The van der Waals surface area contributed by atoms with E-state index in [9.17, 15) is 9.59 Å². The van der Waals surface area contributed by atoms with Crippen LogP contribution in [0.2, 0.25) is 0 Å². The van der Waals surface area contributed by atoms with E-state index >= 15 is 0 Å². The fourth-order valence-electron chi connectivity index (χ4n) is 3.11. The van der Waals surface area contributed by atoms with Crippen molar-refractivity contribution >= 4 is 39.1 Å². The van der Waals surface area contributed by atoms with Gasteiger partial charge < -0.3 is 15.4 Å². The molecule has 2 heterocycles. The molecular formula is C21H22N4O3S. The first-order valence-electron chi connectivity index (χ1n) is 9.54.